The van der Waals surface area contributed by atoms with Gasteiger partial charge in [-0.1, -0.05) is 6.92 Å². The van der Waals surface area contributed by atoms with Crippen LogP contribution in [0.25, 0.3) is 0 Å². The molecule has 0 atom stereocenters. The summed E-state index contributed by atoms with van der Waals surface area (Å²) in [4.78, 5) is 14.7. The van der Waals surface area contributed by atoms with Crippen molar-refractivity contribution in [2.24, 2.45) is 29.1 Å². The Morgan fingerprint density at radius 3 is 2.14 bits per heavy atom. The molecule has 5 aliphatic rings. The third kappa shape index (κ3) is 3.06. The van der Waals surface area contributed by atoms with Crippen molar-refractivity contribution in [3.05, 3.63) is 0 Å². The normalized spacial score (nSPS) is 41.8. The van der Waals surface area contributed by atoms with Crippen LogP contribution in [0.4, 0.5) is 0 Å². The molecule has 4 aliphatic carbocycles. The lowest BCUT2D eigenvalue weighted by molar-refractivity contribution is -0.124. The number of piperidine rings is 1. The first-order valence-corrected chi connectivity index (χ1v) is 9.59. The molecule has 1 aliphatic heterocycles. The lowest BCUT2D eigenvalue weighted by atomic mass is 9.49. The molecule has 0 aromatic heterocycles. The van der Waals surface area contributed by atoms with E-state index in [1.807, 2.05) is 0 Å². The highest BCUT2D eigenvalue weighted by atomic mass is 16.2. The summed E-state index contributed by atoms with van der Waals surface area (Å²) in [6.07, 6.45) is 11.1. The van der Waals surface area contributed by atoms with E-state index in [0.717, 1.165) is 43.3 Å². The van der Waals surface area contributed by atoms with Crippen molar-refractivity contribution in [3.63, 3.8) is 0 Å². The van der Waals surface area contributed by atoms with Crippen molar-refractivity contribution in [2.75, 3.05) is 26.2 Å². The number of nitrogens with zero attached hydrogens (tertiary/aromatic N) is 1. The minimum atomic E-state index is 0.269. The first-order chi connectivity index (χ1) is 10.6. The Balaban J connectivity index is 1.27. The number of amides is 1. The molecule has 1 heterocycles. The van der Waals surface area contributed by atoms with Crippen molar-refractivity contribution < 1.29 is 4.79 Å². The fourth-order valence-electron chi connectivity index (χ4n) is 6.27. The van der Waals surface area contributed by atoms with Gasteiger partial charge in [0.25, 0.3) is 0 Å². The summed E-state index contributed by atoms with van der Waals surface area (Å²) in [5.41, 5.74) is 0.473. The largest absolute Gasteiger partial charge is 0.354 e. The number of nitrogens with one attached hydrogen (secondary N) is 1. The average molecular weight is 304 g/mol. The van der Waals surface area contributed by atoms with Crippen LogP contribution in [-0.2, 0) is 4.79 Å². The van der Waals surface area contributed by atoms with Gasteiger partial charge in [-0.05, 0) is 93.5 Å². The van der Waals surface area contributed by atoms with E-state index in [4.69, 9.17) is 0 Å². The standard InChI is InChI=1S/C19H32N2O/c1-14-2-4-21(5-3-14)12-18(22)20-13-19-9-15-6-16(10-19)8-17(7-15)11-19/h14-17H,2-13H2,1H3,(H,20,22). The van der Waals surface area contributed by atoms with Gasteiger partial charge in [0, 0.05) is 6.54 Å². The molecule has 4 saturated carbocycles. The first-order valence-electron chi connectivity index (χ1n) is 9.59. The highest BCUT2D eigenvalue weighted by Crippen LogP contribution is 2.59. The van der Waals surface area contributed by atoms with E-state index in [9.17, 15) is 4.79 Å². The zero-order valence-corrected chi connectivity index (χ0v) is 14.2. The average Bonchev–Trinajstić information content (AvgIpc) is 2.46. The van der Waals surface area contributed by atoms with Gasteiger partial charge in [0.15, 0.2) is 0 Å². The summed E-state index contributed by atoms with van der Waals surface area (Å²) < 4.78 is 0. The Bertz CT molecular complexity index is 390. The van der Waals surface area contributed by atoms with Crippen molar-refractivity contribution in [2.45, 2.75) is 58.3 Å². The maximum atomic E-state index is 12.3. The molecule has 4 bridgehead atoms. The lowest BCUT2D eigenvalue weighted by Gasteiger charge is -2.57. The van der Waals surface area contributed by atoms with Crippen LogP contribution >= 0.6 is 0 Å². The summed E-state index contributed by atoms with van der Waals surface area (Å²) in [6, 6.07) is 0. The summed E-state index contributed by atoms with van der Waals surface area (Å²) >= 11 is 0. The van der Waals surface area contributed by atoms with Crippen LogP contribution in [0.15, 0.2) is 0 Å². The van der Waals surface area contributed by atoms with Crippen LogP contribution in [0.2, 0.25) is 0 Å². The second kappa shape index (κ2) is 5.81. The molecule has 0 unspecified atom stereocenters. The molecule has 22 heavy (non-hydrogen) atoms. The fourth-order valence-corrected chi connectivity index (χ4v) is 6.27. The summed E-state index contributed by atoms with van der Waals surface area (Å²) in [5, 5.41) is 3.32. The predicted octanol–water partition coefficient (Wildman–Crippen LogP) is 3.05. The lowest BCUT2D eigenvalue weighted by Crippen LogP contribution is -2.52. The minimum Gasteiger partial charge on any atom is -0.354 e. The zero-order valence-electron chi connectivity index (χ0n) is 14.2. The second-order valence-corrected chi connectivity index (χ2v) is 9.15. The summed E-state index contributed by atoms with van der Waals surface area (Å²) in [6.45, 7) is 6.11. The maximum Gasteiger partial charge on any atom is 0.234 e. The molecule has 0 aromatic rings. The number of carbonyl (C=O) groups excluding carboxylic acids is 1. The molecule has 1 amide bonds. The number of hydrogen-bond acceptors (Lipinski definition) is 2. The molecule has 1 N–H and O–H groups in total. The number of carbonyl (C=O) groups is 1. The van der Waals surface area contributed by atoms with Gasteiger partial charge < -0.3 is 5.32 Å². The van der Waals surface area contributed by atoms with Crippen LogP contribution in [0, 0.1) is 29.1 Å². The van der Waals surface area contributed by atoms with Crippen molar-refractivity contribution in [1.29, 1.82) is 0 Å². The SMILES string of the molecule is CC1CCN(CC(=O)NCC23CC4CC(CC(C4)C2)C3)CC1. The molecule has 3 heteroatoms. The Hall–Kier alpha value is -0.570. The van der Waals surface area contributed by atoms with Gasteiger partial charge in [0.2, 0.25) is 5.91 Å². The first kappa shape index (κ1) is 15.0. The number of hydrogen-bond donors (Lipinski definition) is 1. The molecular formula is C19H32N2O. The molecule has 0 radical (unpaired) electrons. The molecule has 3 nitrogen and oxygen atoms in total. The van der Waals surface area contributed by atoms with Gasteiger partial charge in [0.05, 0.1) is 6.54 Å². The molecule has 5 fully saturated rings. The van der Waals surface area contributed by atoms with Gasteiger partial charge in [-0.3, -0.25) is 9.69 Å². The van der Waals surface area contributed by atoms with E-state index in [2.05, 4.69) is 17.1 Å². The van der Waals surface area contributed by atoms with E-state index in [1.165, 1.54) is 51.4 Å². The third-order valence-electron chi connectivity index (χ3n) is 7.07. The van der Waals surface area contributed by atoms with Crippen LogP contribution in [-0.4, -0.2) is 37.0 Å². The summed E-state index contributed by atoms with van der Waals surface area (Å²) in [5.74, 6) is 4.04. The number of rotatable bonds is 4. The van der Waals surface area contributed by atoms with E-state index < -0.39 is 0 Å². The van der Waals surface area contributed by atoms with Gasteiger partial charge in [0.1, 0.15) is 0 Å². The monoisotopic (exact) mass is 304 g/mol. The van der Waals surface area contributed by atoms with Crippen LogP contribution in [0.3, 0.4) is 0 Å². The van der Waals surface area contributed by atoms with Crippen LogP contribution < -0.4 is 5.32 Å². The maximum absolute atomic E-state index is 12.3. The molecular weight excluding hydrogens is 272 g/mol. The van der Waals surface area contributed by atoms with Crippen molar-refractivity contribution in [1.82, 2.24) is 10.2 Å². The van der Waals surface area contributed by atoms with E-state index >= 15 is 0 Å². The van der Waals surface area contributed by atoms with Gasteiger partial charge in [-0.2, -0.15) is 0 Å². The Labute approximate surface area is 135 Å². The zero-order chi connectivity index (χ0) is 15.2. The summed E-state index contributed by atoms with van der Waals surface area (Å²) in [7, 11) is 0. The van der Waals surface area contributed by atoms with Crippen LogP contribution in [0.1, 0.15) is 58.3 Å². The van der Waals surface area contributed by atoms with E-state index in [1.54, 1.807) is 0 Å². The molecule has 0 spiro atoms. The van der Waals surface area contributed by atoms with E-state index in [-0.39, 0.29) is 5.91 Å². The van der Waals surface area contributed by atoms with Gasteiger partial charge in [-0.15, -0.1) is 0 Å². The smallest absolute Gasteiger partial charge is 0.234 e. The van der Waals surface area contributed by atoms with Gasteiger partial charge >= 0.3 is 0 Å². The van der Waals surface area contributed by atoms with Crippen molar-refractivity contribution >= 4 is 5.91 Å². The quantitative estimate of drug-likeness (QED) is 0.866. The third-order valence-corrected chi connectivity index (χ3v) is 7.07. The second-order valence-electron chi connectivity index (χ2n) is 9.15. The molecule has 0 aromatic carbocycles. The number of likely N-dealkylation sites (tertiary alicyclic amines) is 1. The molecule has 5 rings (SSSR count). The highest BCUT2D eigenvalue weighted by Gasteiger charge is 2.50. The molecule has 124 valence electrons. The van der Waals surface area contributed by atoms with Crippen LogP contribution in [0.5, 0.6) is 0 Å². The predicted molar refractivity (Wildman–Crippen MR) is 88.5 cm³/mol. The van der Waals surface area contributed by atoms with Crippen molar-refractivity contribution in [3.8, 4) is 0 Å². The fraction of sp³-hybridized carbons (Fsp3) is 0.947. The Morgan fingerprint density at radius 1 is 1.05 bits per heavy atom. The van der Waals surface area contributed by atoms with Gasteiger partial charge in [-0.25, -0.2) is 0 Å². The minimum absolute atomic E-state index is 0.269. The van der Waals surface area contributed by atoms with E-state index in [0.29, 0.717) is 12.0 Å². The Morgan fingerprint density at radius 2 is 1.59 bits per heavy atom. The highest BCUT2D eigenvalue weighted by molar-refractivity contribution is 5.78. The topological polar surface area (TPSA) is 32.3 Å². The molecule has 1 saturated heterocycles. The Kier molecular flexibility index (Phi) is 3.96.